The molecule has 14 nitrogen and oxygen atoms in total. The van der Waals surface area contributed by atoms with Crippen LogP contribution < -0.4 is 0 Å². The molecule has 1 radical (unpaired) electrons. The minimum absolute atomic E-state index is 0. The van der Waals surface area contributed by atoms with Crippen molar-refractivity contribution in [2.75, 3.05) is 0 Å². The zero-order valence-electron chi connectivity index (χ0n) is 23.7. The van der Waals surface area contributed by atoms with E-state index in [-0.39, 0.29) is 34.2 Å². The molecule has 0 spiro atoms. The first kappa shape index (κ1) is 43.9. The monoisotopic (exact) mass is 727 g/mol. The van der Waals surface area contributed by atoms with Crippen molar-refractivity contribution in [3.8, 4) is 0 Å². The van der Waals surface area contributed by atoms with Crippen molar-refractivity contribution in [2.24, 2.45) is 11.8 Å². The smallest absolute Gasteiger partial charge is 0.328 e. The molecule has 41 heavy (non-hydrogen) atoms. The minimum Gasteiger partial charge on any atom is -0.481 e. The van der Waals surface area contributed by atoms with Gasteiger partial charge in [0.2, 0.25) is 9.49 Å². The molecular formula is C24H44AgO14S2. The van der Waals surface area contributed by atoms with Gasteiger partial charge in [0.15, 0.2) is 0 Å². The Morgan fingerprint density at radius 1 is 0.610 bits per heavy atom. The molecule has 0 aromatic carbocycles. The molecule has 0 fully saturated rings. The topological polar surface area (TPSA) is 258 Å². The molecule has 0 saturated carbocycles. The first-order valence-electron chi connectivity index (χ1n) is 13.1. The van der Waals surface area contributed by atoms with Crippen LogP contribution in [0.15, 0.2) is 0 Å². The summed E-state index contributed by atoms with van der Waals surface area (Å²) in [7, 11) is -10.1. The zero-order chi connectivity index (χ0) is 31.9. The molecule has 0 rings (SSSR count). The Labute approximate surface area is 257 Å². The Morgan fingerprint density at radius 3 is 1.02 bits per heavy atom. The van der Waals surface area contributed by atoms with Crippen LogP contribution in [0.3, 0.4) is 0 Å². The molecule has 4 atom stereocenters. The molecule has 0 aliphatic carbocycles. The number of aliphatic carboxylic acids is 4. The second-order valence-corrected chi connectivity index (χ2v) is 13.4. The number of hydrogen-bond donors (Lipinski definition) is 6. The van der Waals surface area contributed by atoms with Crippen LogP contribution >= 0.6 is 0 Å². The number of carboxylic acids is 4. The van der Waals surface area contributed by atoms with Crippen LogP contribution in [0.4, 0.5) is 0 Å². The van der Waals surface area contributed by atoms with E-state index < -0.39 is 79.3 Å². The van der Waals surface area contributed by atoms with Gasteiger partial charge in [-0.25, -0.2) is 0 Å². The fourth-order valence-electron chi connectivity index (χ4n) is 4.39. The molecule has 17 heteroatoms. The molecule has 247 valence electrons. The molecule has 4 unspecified atom stereocenters. The van der Waals surface area contributed by atoms with Crippen molar-refractivity contribution in [3.63, 3.8) is 0 Å². The molecule has 0 bridgehead atoms. The molecular weight excluding hydrogens is 684 g/mol. The maximum Gasteiger partial charge on any atom is 0.328 e. The van der Waals surface area contributed by atoms with Gasteiger partial charge in [-0.05, 0) is 24.7 Å². The van der Waals surface area contributed by atoms with Crippen molar-refractivity contribution in [1.29, 1.82) is 0 Å². The number of carboxylic acid groups (broad SMARTS) is 4. The van der Waals surface area contributed by atoms with Gasteiger partial charge < -0.3 is 20.4 Å². The summed E-state index contributed by atoms with van der Waals surface area (Å²) < 4.78 is 59.0. The summed E-state index contributed by atoms with van der Waals surface area (Å²) in [5, 5.41) is 35.9. The van der Waals surface area contributed by atoms with Gasteiger partial charge in [-0.15, -0.1) is 0 Å². The first-order valence-corrected chi connectivity index (χ1v) is 15.9. The summed E-state index contributed by atoms with van der Waals surface area (Å²) in [5.74, 6) is -7.33. The van der Waals surface area contributed by atoms with Crippen molar-refractivity contribution in [2.45, 2.75) is 114 Å². The van der Waals surface area contributed by atoms with Gasteiger partial charge in [0, 0.05) is 22.4 Å². The van der Waals surface area contributed by atoms with E-state index in [4.69, 9.17) is 10.2 Å². The van der Waals surface area contributed by atoms with E-state index in [9.17, 15) is 55.3 Å². The number of hydrogen-bond acceptors (Lipinski definition) is 8. The Kier molecular flexibility index (Phi) is 21.0. The van der Waals surface area contributed by atoms with Crippen LogP contribution in [0.1, 0.15) is 105 Å². The third-order valence-corrected chi connectivity index (χ3v) is 9.91. The van der Waals surface area contributed by atoms with Gasteiger partial charge in [0.05, 0.1) is 12.8 Å². The predicted octanol–water partition coefficient (Wildman–Crippen LogP) is 3.56. The maximum atomic E-state index is 11.5. The van der Waals surface area contributed by atoms with Crippen LogP contribution in [0.5, 0.6) is 0 Å². The number of carbonyl (C=O) groups is 4. The molecule has 0 saturated heterocycles. The fraction of sp³-hybridized carbons (Fsp3) is 0.833. The second kappa shape index (κ2) is 19.6. The van der Waals surface area contributed by atoms with Gasteiger partial charge in [0.25, 0.3) is 20.2 Å². The average Bonchev–Trinajstić information content (AvgIpc) is 2.80. The third kappa shape index (κ3) is 14.0. The van der Waals surface area contributed by atoms with Gasteiger partial charge in [0.1, 0.15) is 0 Å². The van der Waals surface area contributed by atoms with E-state index in [0.717, 1.165) is 25.7 Å². The standard InChI is InChI=1S/2C12H22O7S.Ag/c2*1-3-5-6-9(4-2)7-12(11(15)16,8-10(13)14)20(17,18)19;/h2*9H,3-8H2,1-2H3,(H,13,14)(H,15,16)(H,17,18,19);. The van der Waals surface area contributed by atoms with Crippen molar-refractivity contribution in [3.05, 3.63) is 0 Å². The van der Waals surface area contributed by atoms with E-state index in [0.29, 0.717) is 25.7 Å². The summed E-state index contributed by atoms with van der Waals surface area (Å²) in [6.45, 7) is 7.43. The summed E-state index contributed by atoms with van der Waals surface area (Å²) in [5.41, 5.74) is 0. The van der Waals surface area contributed by atoms with E-state index >= 15 is 0 Å². The van der Waals surface area contributed by atoms with Gasteiger partial charge >= 0.3 is 23.9 Å². The van der Waals surface area contributed by atoms with Crippen LogP contribution in [-0.4, -0.2) is 79.7 Å². The predicted molar refractivity (Wildman–Crippen MR) is 144 cm³/mol. The van der Waals surface area contributed by atoms with Crippen molar-refractivity contribution < 1.29 is 87.9 Å². The Bertz CT molecular complexity index is 976. The molecule has 0 heterocycles. The Morgan fingerprint density at radius 2 is 0.878 bits per heavy atom. The quantitative estimate of drug-likeness (QED) is 0.0774. The summed E-state index contributed by atoms with van der Waals surface area (Å²) in [6, 6.07) is 0. The average molecular weight is 729 g/mol. The Balaban J connectivity index is -0.000000688. The largest absolute Gasteiger partial charge is 0.481 e. The molecule has 0 aromatic rings. The molecule has 0 aromatic heterocycles. The van der Waals surface area contributed by atoms with Crippen LogP contribution in [0.2, 0.25) is 0 Å². The van der Waals surface area contributed by atoms with Gasteiger partial charge in [-0.2, -0.15) is 16.8 Å². The normalized spacial score (nSPS) is 16.0. The second-order valence-electron chi connectivity index (χ2n) is 9.93. The minimum atomic E-state index is -5.03. The van der Waals surface area contributed by atoms with E-state index in [1.165, 1.54) is 0 Å². The molecule has 6 N–H and O–H groups in total. The summed E-state index contributed by atoms with van der Waals surface area (Å²) >= 11 is 0. The van der Waals surface area contributed by atoms with E-state index in [1.54, 1.807) is 13.8 Å². The maximum absolute atomic E-state index is 11.5. The number of unbranched alkanes of at least 4 members (excludes halogenated alkanes) is 2. The molecule has 0 aliphatic heterocycles. The Hall–Kier alpha value is -1.56. The number of rotatable bonds is 20. The van der Waals surface area contributed by atoms with E-state index in [1.807, 2.05) is 13.8 Å². The zero-order valence-corrected chi connectivity index (χ0v) is 26.8. The van der Waals surface area contributed by atoms with Crippen LogP contribution in [0.25, 0.3) is 0 Å². The van der Waals surface area contributed by atoms with E-state index in [2.05, 4.69) is 0 Å². The fourth-order valence-corrected chi connectivity index (χ4v) is 6.34. The van der Waals surface area contributed by atoms with Gasteiger partial charge in [-0.1, -0.05) is 79.1 Å². The summed E-state index contributed by atoms with van der Waals surface area (Å²) in [6.07, 6.45) is 2.42. The molecule has 0 amide bonds. The molecule has 0 aliphatic rings. The summed E-state index contributed by atoms with van der Waals surface area (Å²) in [4.78, 5) is 44.3. The van der Waals surface area contributed by atoms with Crippen molar-refractivity contribution >= 4 is 44.1 Å². The van der Waals surface area contributed by atoms with Crippen LogP contribution in [0, 0.1) is 11.8 Å². The van der Waals surface area contributed by atoms with Crippen LogP contribution in [-0.2, 0) is 61.8 Å². The van der Waals surface area contributed by atoms with Crippen molar-refractivity contribution in [1.82, 2.24) is 0 Å². The van der Waals surface area contributed by atoms with Gasteiger partial charge in [-0.3, -0.25) is 28.3 Å². The first-order chi connectivity index (χ1) is 18.2. The third-order valence-electron chi connectivity index (χ3n) is 6.96. The SMILES string of the molecule is CCCCC(CC)CC(CC(=O)O)(C(=O)O)S(=O)(=O)O.CCCCC(CC)CC(CC(=O)O)(C(=O)O)S(=O)(=O)O.[Ag].